The number of aromatic nitrogens is 6. The number of piperidine rings is 1. The lowest BCUT2D eigenvalue weighted by atomic mass is 9.95. The van der Waals surface area contributed by atoms with Crippen molar-refractivity contribution in [3.63, 3.8) is 0 Å². The normalized spacial score (nSPS) is 19.5. The minimum Gasteiger partial charge on any atom is -0.372 e. The van der Waals surface area contributed by atoms with Gasteiger partial charge in [0.05, 0.1) is 23.1 Å². The monoisotopic (exact) mass is 853 g/mol. The Labute approximate surface area is 364 Å². The van der Waals surface area contributed by atoms with Gasteiger partial charge in [-0.1, -0.05) is 44.1 Å². The van der Waals surface area contributed by atoms with E-state index in [0.29, 0.717) is 61.1 Å². The molecule has 1 unspecified atom stereocenters. The fourth-order valence-electron chi connectivity index (χ4n) is 9.02. The predicted octanol–water partition coefficient (Wildman–Crippen LogP) is 7.40. The van der Waals surface area contributed by atoms with E-state index in [1.165, 1.54) is 6.33 Å². The topological polar surface area (TPSA) is 178 Å². The van der Waals surface area contributed by atoms with Gasteiger partial charge in [0.15, 0.2) is 11.5 Å². The molecule has 0 radical (unpaired) electrons. The van der Waals surface area contributed by atoms with Crippen LogP contribution in [0.25, 0.3) is 33.7 Å². The lowest BCUT2D eigenvalue weighted by Crippen LogP contribution is -2.49. The number of amides is 4. The van der Waals surface area contributed by atoms with Crippen LogP contribution in [-0.2, 0) is 15.9 Å². The highest BCUT2D eigenvalue weighted by Crippen LogP contribution is 2.38. The largest absolute Gasteiger partial charge is 0.372 e. The summed E-state index contributed by atoms with van der Waals surface area (Å²) in [6.07, 6.45) is 5.96. The van der Waals surface area contributed by atoms with E-state index >= 15 is 4.39 Å². The molecule has 0 bridgehead atoms. The number of H-pyrrole nitrogens is 1. The summed E-state index contributed by atoms with van der Waals surface area (Å²) in [5.41, 5.74) is 6.34. The maximum atomic E-state index is 16.6. The molecule has 63 heavy (non-hydrogen) atoms. The number of aryl methyl sites for hydroxylation is 1. The van der Waals surface area contributed by atoms with Gasteiger partial charge < -0.3 is 19.7 Å². The van der Waals surface area contributed by atoms with Crippen LogP contribution in [-0.4, -0.2) is 92.1 Å². The van der Waals surface area contributed by atoms with Crippen molar-refractivity contribution in [3.05, 3.63) is 102 Å². The summed E-state index contributed by atoms with van der Waals surface area (Å²) in [6.45, 7) is 13.9. The third-order valence-electron chi connectivity index (χ3n) is 12.6. The van der Waals surface area contributed by atoms with Crippen molar-refractivity contribution in [2.75, 3.05) is 49.1 Å². The Kier molecular flexibility index (Phi) is 11.0. The Morgan fingerprint density at radius 1 is 0.984 bits per heavy atom. The van der Waals surface area contributed by atoms with Gasteiger partial charge in [-0.3, -0.25) is 29.7 Å². The molecule has 4 amide bonds. The number of likely N-dealkylation sites (tertiary alicyclic amines) is 1. The first kappa shape index (κ1) is 41.8. The van der Waals surface area contributed by atoms with Crippen molar-refractivity contribution >= 4 is 40.3 Å². The number of halogens is 1. The van der Waals surface area contributed by atoms with Gasteiger partial charge in [-0.25, -0.2) is 19.2 Å². The van der Waals surface area contributed by atoms with Crippen molar-refractivity contribution in [2.24, 2.45) is 5.92 Å². The Morgan fingerprint density at radius 3 is 2.46 bits per heavy atom. The summed E-state index contributed by atoms with van der Waals surface area (Å²) >= 11 is 0. The number of aromatic amines is 1. The SMILES string of the molecule is Cc1cc(-c2ncnc3[nH]c(-c4ccc(C5(F)CCN(CC6CCN(c7ccc(N8CCC(=O)NC8=O)cc7)CC6)C5)cn4)cc23)ccc1[C@@H](C)NC(=O)c1nc(C(C)(C)C)no1. The van der Waals surface area contributed by atoms with Crippen molar-refractivity contribution < 1.29 is 23.3 Å². The number of nitrogens with zero attached hydrogens (tertiary/aromatic N) is 8. The Bertz CT molecular complexity index is 2670. The minimum absolute atomic E-state index is 0.0687. The van der Waals surface area contributed by atoms with E-state index < -0.39 is 11.6 Å². The smallest absolute Gasteiger partial charge is 0.328 e. The molecule has 326 valence electrons. The summed E-state index contributed by atoms with van der Waals surface area (Å²) in [7, 11) is 0. The molecule has 6 aromatic rings. The number of hydrogen-bond donors (Lipinski definition) is 3. The quantitative estimate of drug-likeness (QED) is 0.125. The summed E-state index contributed by atoms with van der Waals surface area (Å²) in [4.78, 5) is 64.5. The number of hydrogen-bond acceptors (Lipinski definition) is 11. The second kappa shape index (κ2) is 16.6. The lowest BCUT2D eigenvalue weighted by molar-refractivity contribution is -0.120. The standard InChI is InChI=1S/C47H52FN11O4/c1-28-22-31(6-12-35(28)29(2)52-42(61)43-55-44(56-63-43)46(3,4)5)40-36-23-38(53-41(36)51-27-50-40)37-13-7-32(24-49-37)47(48)17-21-57(26-47)25-30-14-18-58(19-15-30)33-8-10-34(11-9-33)59-20-16-39(60)54-45(59)62/h6-13,22-24,27,29-30H,14-21,25-26H2,1-5H3,(H,52,61)(H,50,51,53)(H,54,60,62)/t29-,47?/m1/s1. The molecular weight excluding hydrogens is 802 g/mol. The number of imide groups is 1. The lowest BCUT2D eigenvalue weighted by Gasteiger charge is -2.35. The number of rotatable bonds is 10. The zero-order chi connectivity index (χ0) is 44.0. The number of fused-ring (bicyclic) bond motifs is 1. The Morgan fingerprint density at radius 2 is 1.76 bits per heavy atom. The van der Waals surface area contributed by atoms with Gasteiger partial charge >= 0.3 is 17.8 Å². The van der Waals surface area contributed by atoms with Gasteiger partial charge in [0.2, 0.25) is 5.91 Å². The van der Waals surface area contributed by atoms with Crippen LogP contribution in [0.15, 0.2) is 77.7 Å². The number of carbonyl (C=O) groups excluding carboxylic acids is 3. The molecule has 3 saturated heterocycles. The van der Waals surface area contributed by atoms with Crippen LogP contribution in [0.2, 0.25) is 0 Å². The second-order valence-electron chi connectivity index (χ2n) is 18.2. The highest BCUT2D eigenvalue weighted by molar-refractivity contribution is 6.05. The molecule has 3 fully saturated rings. The van der Waals surface area contributed by atoms with Crippen molar-refractivity contribution in [3.8, 4) is 22.6 Å². The molecule has 0 spiro atoms. The minimum atomic E-state index is -1.47. The Balaban J connectivity index is 0.801. The molecule has 2 aromatic carbocycles. The first-order valence-electron chi connectivity index (χ1n) is 21.6. The molecule has 0 saturated carbocycles. The molecule has 15 nitrogen and oxygen atoms in total. The zero-order valence-electron chi connectivity index (χ0n) is 36.2. The van der Waals surface area contributed by atoms with E-state index in [4.69, 9.17) is 9.51 Å². The first-order valence-corrected chi connectivity index (χ1v) is 21.6. The van der Waals surface area contributed by atoms with Gasteiger partial charge in [0.25, 0.3) is 0 Å². The number of anilines is 2. The van der Waals surface area contributed by atoms with Crippen LogP contribution in [0.4, 0.5) is 20.6 Å². The van der Waals surface area contributed by atoms with E-state index in [1.807, 2.05) is 95.3 Å². The number of urea groups is 1. The molecule has 7 heterocycles. The van der Waals surface area contributed by atoms with Crippen molar-refractivity contribution in [1.29, 1.82) is 0 Å². The highest BCUT2D eigenvalue weighted by atomic mass is 19.1. The van der Waals surface area contributed by atoms with Crippen LogP contribution < -0.4 is 20.4 Å². The third-order valence-corrected chi connectivity index (χ3v) is 12.6. The van der Waals surface area contributed by atoms with E-state index in [9.17, 15) is 14.4 Å². The molecule has 4 aromatic heterocycles. The molecular formula is C47H52FN11O4. The summed E-state index contributed by atoms with van der Waals surface area (Å²) < 4.78 is 21.8. The molecule has 9 rings (SSSR count). The Hall–Kier alpha value is -6.55. The van der Waals surface area contributed by atoms with E-state index in [-0.39, 0.29) is 29.3 Å². The van der Waals surface area contributed by atoms with Gasteiger partial charge in [-0.15, -0.1) is 0 Å². The molecule has 2 atom stereocenters. The average molecular weight is 854 g/mol. The molecule has 0 aliphatic carbocycles. The number of nitrogens with one attached hydrogen (secondary N) is 3. The van der Waals surface area contributed by atoms with Gasteiger partial charge in [-0.05, 0) is 92.6 Å². The fraction of sp³-hybridized carbons (Fsp3) is 0.404. The van der Waals surface area contributed by atoms with Gasteiger partial charge in [0.1, 0.15) is 12.0 Å². The van der Waals surface area contributed by atoms with Gasteiger partial charge in [0, 0.05) is 85.2 Å². The van der Waals surface area contributed by atoms with Crippen LogP contribution in [0, 0.1) is 12.8 Å². The number of pyridine rings is 1. The maximum Gasteiger partial charge on any atom is 0.328 e. The third kappa shape index (κ3) is 8.63. The summed E-state index contributed by atoms with van der Waals surface area (Å²) in [5.74, 6) is 0.210. The number of alkyl halides is 1. The average Bonchev–Trinajstić information content (AvgIpc) is 4.04. The van der Waals surface area contributed by atoms with Crippen LogP contribution in [0.1, 0.15) is 92.6 Å². The maximum absolute atomic E-state index is 16.6. The summed E-state index contributed by atoms with van der Waals surface area (Å²) in [6, 6.07) is 19.0. The van der Waals surface area contributed by atoms with Crippen molar-refractivity contribution in [2.45, 2.75) is 77.4 Å². The zero-order valence-corrected chi connectivity index (χ0v) is 36.2. The van der Waals surface area contributed by atoms with E-state index in [0.717, 1.165) is 77.3 Å². The van der Waals surface area contributed by atoms with Gasteiger partial charge in [-0.2, -0.15) is 4.98 Å². The van der Waals surface area contributed by atoms with E-state index in [1.54, 1.807) is 11.1 Å². The summed E-state index contributed by atoms with van der Waals surface area (Å²) in [5, 5.41) is 10.1. The number of benzene rings is 2. The first-order chi connectivity index (χ1) is 30.2. The number of carbonyl (C=O) groups is 3. The molecule has 3 aliphatic heterocycles. The fourth-order valence-corrected chi connectivity index (χ4v) is 9.02. The van der Waals surface area contributed by atoms with Crippen LogP contribution >= 0.6 is 0 Å². The second-order valence-corrected chi connectivity index (χ2v) is 18.2. The molecule has 3 N–H and O–H groups in total. The molecule has 3 aliphatic rings. The van der Waals surface area contributed by atoms with Crippen LogP contribution in [0.3, 0.4) is 0 Å². The van der Waals surface area contributed by atoms with Crippen LogP contribution in [0.5, 0.6) is 0 Å². The van der Waals surface area contributed by atoms with Crippen molar-refractivity contribution in [1.82, 2.24) is 45.6 Å². The predicted molar refractivity (Wildman–Crippen MR) is 237 cm³/mol. The molecule has 16 heteroatoms. The highest BCUT2D eigenvalue weighted by Gasteiger charge is 2.41. The van der Waals surface area contributed by atoms with E-state index in [2.05, 4.69) is 45.5 Å².